The van der Waals surface area contributed by atoms with Gasteiger partial charge in [0.2, 0.25) is 0 Å². The van der Waals surface area contributed by atoms with E-state index in [4.69, 9.17) is 4.74 Å². The minimum absolute atomic E-state index is 0.00985. The van der Waals surface area contributed by atoms with Crippen LogP contribution in [-0.4, -0.2) is 32.8 Å². The normalized spacial score (nSPS) is 15.1. The first-order valence-electron chi connectivity index (χ1n) is 10.2. The molecule has 1 heterocycles. The predicted octanol–water partition coefficient (Wildman–Crippen LogP) is 4.89. The largest absolute Gasteiger partial charge is 0.507 e. The molecule has 0 spiro atoms. The summed E-state index contributed by atoms with van der Waals surface area (Å²) in [5.74, 6) is -1.91. The van der Waals surface area contributed by atoms with Gasteiger partial charge in [-0.2, -0.15) is 0 Å². The highest BCUT2D eigenvalue weighted by atomic mass is 16.5. The second-order valence-corrected chi connectivity index (χ2v) is 8.31. The molecule has 2 aromatic rings. The van der Waals surface area contributed by atoms with Gasteiger partial charge in [-0.25, -0.2) is 0 Å². The van der Waals surface area contributed by atoms with Crippen LogP contribution in [0.2, 0.25) is 0 Å². The molecule has 1 aliphatic heterocycles. The van der Waals surface area contributed by atoms with Crippen molar-refractivity contribution < 1.29 is 30.0 Å². The number of carbonyl (C=O) groups excluding carboxylic acids is 1. The summed E-state index contributed by atoms with van der Waals surface area (Å²) >= 11 is 0. The van der Waals surface area contributed by atoms with Gasteiger partial charge in [-0.05, 0) is 58.2 Å². The van der Waals surface area contributed by atoms with Gasteiger partial charge in [-0.3, -0.25) is 4.79 Å². The van der Waals surface area contributed by atoms with Gasteiger partial charge in [0.1, 0.15) is 29.4 Å². The molecule has 0 aromatic heterocycles. The van der Waals surface area contributed by atoms with Gasteiger partial charge in [0.05, 0.1) is 5.92 Å². The molecule has 0 radical (unpaired) electrons. The summed E-state index contributed by atoms with van der Waals surface area (Å²) < 4.78 is 5.91. The Morgan fingerprint density at radius 3 is 2.13 bits per heavy atom. The SMILES string of the molecule is CC(C)=CCc1c(O)c(CC=C(C)C)c2c(c1O)C(=O)C(c1ccc(O)c(O)c1)CO2. The second kappa shape index (κ2) is 8.76. The number of aromatic hydroxyl groups is 4. The lowest BCUT2D eigenvalue weighted by Crippen LogP contribution is -2.27. The van der Waals surface area contributed by atoms with Crippen LogP contribution in [0.4, 0.5) is 0 Å². The number of hydrogen-bond acceptors (Lipinski definition) is 6. The average molecular weight is 424 g/mol. The lowest BCUT2D eigenvalue weighted by atomic mass is 9.84. The van der Waals surface area contributed by atoms with Crippen molar-refractivity contribution in [3.05, 3.63) is 63.8 Å². The van der Waals surface area contributed by atoms with Crippen molar-refractivity contribution in [3.8, 4) is 28.7 Å². The third kappa shape index (κ3) is 4.38. The number of ketones is 1. The van der Waals surface area contributed by atoms with Crippen LogP contribution in [0.25, 0.3) is 0 Å². The first-order valence-corrected chi connectivity index (χ1v) is 10.2. The Hall–Kier alpha value is -3.41. The minimum atomic E-state index is -0.762. The molecule has 0 amide bonds. The first-order chi connectivity index (χ1) is 14.6. The number of fused-ring (bicyclic) bond motifs is 1. The second-order valence-electron chi connectivity index (χ2n) is 8.31. The molecule has 6 nitrogen and oxygen atoms in total. The number of carbonyl (C=O) groups is 1. The lowest BCUT2D eigenvalue weighted by molar-refractivity contribution is 0.0890. The lowest BCUT2D eigenvalue weighted by Gasteiger charge is -2.28. The Labute approximate surface area is 181 Å². The molecule has 3 rings (SSSR count). The van der Waals surface area contributed by atoms with E-state index >= 15 is 0 Å². The monoisotopic (exact) mass is 424 g/mol. The molecule has 2 aromatic carbocycles. The fourth-order valence-corrected chi connectivity index (χ4v) is 3.62. The fraction of sp³-hybridized carbons (Fsp3) is 0.320. The zero-order valence-electron chi connectivity index (χ0n) is 18.2. The highest BCUT2D eigenvalue weighted by Gasteiger charge is 2.37. The summed E-state index contributed by atoms with van der Waals surface area (Å²) in [7, 11) is 0. The number of phenolic OH excluding ortho intramolecular Hbond substituents is 4. The Bertz CT molecular complexity index is 1090. The summed E-state index contributed by atoms with van der Waals surface area (Å²) in [6, 6.07) is 4.17. The zero-order valence-corrected chi connectivity index (χ0v) is 18.2. The molecule has 6 heteroatoms. The summed E-state index contributed by atoms with van der Waals surface area (Å²) in [4.78, 5) is 13.4. The molecule has 1 unspecified atom stereocenters. The quantitative estimate of drug-likeness (QED) is 0.402. The van der Waals surface area contributed by atoms with E-state index in [0.717, 1.165) is 11.1 Å². The van der Waals surface area contributed by atoms with Crippen molar-refractivity contribution in [3.63, 3.8) is 0 Å². The molecule has 0 aliphatic carbocycles. The van der Waals surface area contributed by atoms with Gasteiger partial charge in [0.25, 0.3) is 0 Å². The summed E-state index contributed by atoms with van der Waals surface area (Å²) in [5.41, 5.74) is 3.31. The Morgan fingerprint density at radius 2 is 1.55 bits per heavy atom. The number of rotatable bonds is 5. The molecule has 4 N–H and O–H groups in total. The molecule has 0 saturated carbocycles. The predicted molar refractivity (Wildman–Crippen MR) is 118 cm³/mol. The van der Waals surface area contributed by atoms with E-state index in [2.05, 4.69) is 0 Å². The van der Waals surface area contributed by atoms with Crippen LogP contribution in [-0.2, 0) is 12.8 Å². The highest BCUT2D eigenvalue weighted by Crippen LogP contribution is 2.48. The number of phenols is 4. The molecular formula is C25H28O6. The van der Waals surface area contributed by atoms with E-state index in [1.165, 1.54) is 18.2 Å². The number of allylic oxidation sites excluding steroid dienone is 4. The maximum atomic E-state index is 13.4. The van der Waals surface area contributed by atoms with Crippen molar-refractivity contribution in [2.24, 2.45) is 0 Å². The zero-order chi connectivity index (χ0) is 22.9. The maximum Gasteiger partial charge on any atom is 0.181 e. The van der Waals surface area contributed by atoms with Crippen LogP contribution in [0, 0.1) is 0 Å². The van der Waals surface area contributed by atoms with Crippen LogP contribution in [0.5, 0.6) is 28.7 Å². The van der Waals surface area contributed by atoms with Crippen LogP contribution in [0.3, 0.4) is 0 Å². The fourth-order valence-electron chi connectivity index (χ4n) is 3.62. The van der Waals surface area contributed by atoms with Crippen molar-refractivity contribution in [1.29, 1.82) is 0 Å². The van der Waals surface area contributed by atoms with Crippen LogP contribution in [0.1, 0.15) is 60.7 Å². The maximum absolute atomic E-state index is 13.4. The first kappa shape index (κ1) is 22.3. The van der Waals surface area contributed by atoms with Gasteiger partial charge in [0, 0.05) is 11.1 Å². The highest BCUT2D eigenvalue weighted by molar-refractivity contribution is 6.07. The Balaban J connectivity index is 2.17. The van der Waals surface area contributed by atoms with E-state index in [1.807, 2.05) is 39.8 Å². The summed E-state index contributed by atoms with van der Waals surface area (Å²) in [6.45, 7) is 7.70. The molecule has 0 saturated heterocycles. The Kier molecular flexibility index (Phi) is 6.29. The minimum Gasteiger partial charge on any atom is -0.507 e. The van der Waals surface area contributed by atoms with Crippen LogP contribution in [0.15, 0.2) is 41.5 Å². The molecule has 0 fully saturated rings. The van der Waals surface area contributed by atoms with Gasteiger partial charge in [0.15, 0.2) is 17.3 Å². The van der Waals surface area contributed by atoms with E-state index < -0.39 is 5.92 Å². The third-order valence-corrected chi connectivity index (χ3v) is 5.38. The third-order valence-electron chi connectivity index (χ3n) is 5.38. The van der Waals surface area contributed by atoms with Gasteiger partial charge in [-0.1, -0.05) is 29.4 Å². The van der Waals surface area contributed by atoms with E-state index in [0.29, 0.717) is 17.5 Å². The number of benzene rings is 2. The molecule has 0 bridgehead atoms. The number of ether oxygens (including phenoxy) is 1. The molecule has 31 heavy (non-hydrogen) atoms. The van der Waals surface area contributed by atoms with Crippen molar-refractivity contribution in [2.45, 2.75) is 46.5 Å². The summed E-state index contributed by atoms with van der Waals surface area (Å²) in [6.07, 6.45) is 4.42. The number of hydrogen-bond donors (Lipinski definition) is 4. The smallest absolute Gasteiger partial charge is 0.181 e. The van der Waals surface area contributed by atoms with E-state index in [-0.39, 0.29) is 58.7 Å². The van der Waals surface area contributed by atoms with Crippen molar-refractivity contribution in [2.75, 3.05) is 6.61 Å². The Morgan fingerprint density at radius 1 is 0.935 bits per heavy atom. The average Bonchev–Trinajstić information content (AvgIpc) is 2.69. The van der Waals surface area contributed by atoms with Gasteiger partial charge < -0.3 is 25.2 Å². The van der Waals surface area contributed by atoms with Crippen molar-refractivity contribution in [1.82, 2.24) is 0 Å². The summed E-state index contributed by atoms with van der Waals surface area (Å²) in [5, 5.41) is 41.3. The molecule has 1 atom stereocenters. The van der Waals surface area contributed by atoms with E-state index in [9.17, 15) is 25.2 Å². The van der Waals surface area contributed by atoms with Gasteiger partial charge in [-0.15, -0.1) is 0 Å². The van der Waals surface area contributed by atoms with E-state index in [1.54, 1.807) is 0 Å². The number of Topliss-reactive ketones (excluding diaryl/α,β-unsaturated/α-hetero) is 1. The van der Waals surface area contributed by atoms with Crippen LogP contribution >= 0.6 is 0 Å². The molecular weight excluding hydrogens is 396 g/mol. The molecule has 1 aliphatic rings. The topological polar surface area (TPSA) is 107 Å². The van der Waals surface area contributed by atoms with Crippen molar-refractivity contribution >= 4 is 5.78 Å². The van der Waals surface area contributed by atoms with Gasteiger partial charge >= 0.3 is 0 Å². The molecule has 164 valence electrons. The van der Waals surface area contributed by atoms with Crippen LogP contribution < -0.4 is 4.74 Å². The standard InChI is InChI=1S/C25H28O6/c1-13(2)5-8-16-22(28)17(9-6-14(3)4)25-21(23(16)29)24(30)18(12-31-25)15-7-10-19(26)20(27)11-15/h5-7,10-11,18,26-29H,8-9,12H2,1-4H3.